The van der Waals surface area contributed by atoms with Crippen molar-refractivity contribution in [3.8, 4) is 0 Å². The summed E-state index contributed by atoms with van der Waals surface area (Å²) in [5.41, 5.74) is 0. The molecule has 2 nitrogen and oxygen atoms in total. The van der Waals surface area contributed by atoms with Crippen LogP contribution >= 0.6 is 0 Å². The molecule has 0 aliphatic carbocycles. The fourth-order valence-electron chi connectivity index (χ4n) is 1.32. The second kappa shape index (κ2) is 5.95. The second-order valence-corrected chi connectivity index (χ2v) is 3.39. The highest BCUT2D eigenvalue weighted by Crippen LogP contribution is 2.20. The van der Waals surface area contributed by atoms with E-state index in [1.54, 1.807) is 0 Å². The minimum Gasteiger partial charge on any atom is -0.396 e. The first-order valence-electron chi connectivity index (χ1n) is 4.88. The smallest absolute Gasteiger partial charge is 0.0828 e. The second-order valence-electron chi connectivity index (χ2n) is 3.39. The highest BCUT2D eigenvalue weighted by atomic mass is 16.5. The molecule has 1 heterocycles. The first-order chi connectivity index (χ1) is 6.38. The molecule has 1 aliphatic heterocycles. The van der Waals surface area contributed by atoms with E-state index < -0.39 is 0 Å². The number of allylic oxidation sites excluding steroid dienone is 2. The Hall–Kier alpha value is -0.600. The first kappa shape index (κ1) is 10.5. The molecule has 1 N–H and O–H groups in total. The Morgan fingerprint density at radius 1 is 1.46 bits per heavy atom. The van der Waals surface area contributed by atoms with Gasteiger partial charge in [-0.2, -0.15) is 0 Å². The zero-order valence-corrected chi connectivity index (χ0v) is 7.98. The summed E-state index contributed by atoms with van der Waals surface area (Å²) >= 11 is 0. The summed E-state index contributed by atoms with van der Waals surface area (Å²) < 4.78 is 5.27. The van der Waals surface area contributed by atoms with Gasteiger partial charge in [0.15, 0.2) is 0 Å². The van der Waals surface area contributed by atoms with Gasteiger partial charge < -0.3 is 9.84 Å². The molecule has 2 heteroatoms. The number of aliphatic hydroxyl groups is 1. The maximum Gasteiger partial charge on any atom is 0.0828 e. The van der Waals surface area contributed by atoms with E-state index in [1.807, 2.05) is 6.08 Å². The molecule has 0 aromatic carbocycles. The van der Waals surface area contributed by atoms with E-state index >= 15 is 0 Å². The molecule has 2 atom stereocenters. The van der Waals surface area contributed by atoms with Crippen molar-refractivity contribution in [2.75, 3.05) is 13.2 Å². The van der Waals surface area contributed by atoms with Crippen LogP contribution in [-0.4, -0.2) is 24.4 Å². The van der Waals surface area contributed by atoms with Crippen LogP contribution in [0.4, 0.5) is 0 Å². The molecular weight excluding hydrogens is 164 g/mol. The zero-order valence-electron chi connectivity index (χ0n) is 7.98. The van der Waals surface area contributed by atoms with Crippen molar-refractivity contribution in [3.63, 3.8) is 0 Å². The lowest BCUT2D eigenvalue weighted by Gasteiger charge is -2.33. The Morgan fingerprint density at radius 2 is 2.31 bits per heavy atom. The number of unbranched alkanes of at least 4 members (excludes halogenated alkanes) is 2. The van der Waals surface area contributed by atoms with Gasteiger partial charge >= 0.3 is 0 Å². The van der Waals surface area contributed by atoms with E-state index in [0.29, 0.717) is 12.5 Å². The number of aliphatic hydroxyl groups excluding tert-OH is 1. The summed E-state index contributed by atoms with van der Waals surface area (Å²) in [6.07, 6.45) is 9.58. The van der Waals surface area contributed by atoms with Crippen molar-refractivity contribution in [1.29, 1.82) is 0 Å². The largest absolute Gasteiger partial charge is 0.396 e. The number of rotatable bonds is 6. The van der Waals surface area contributed by atoms with Gasteiger partial charge in [0.05, 0.1) is 19.3 Å². The van der Waals surface area contributed by atoms with Crippen LogP contribution in [0.3, 0.4) is 0 Å². The van der Waals surface area contributed by atoms with Crippen molar-refractivity contribution < 1.29 is 9.84 Å². The predicted molar refractivity (Wildman–Crippen MR) is 53.5 cm³/mol. The Bertz CT molecular complexity index is 173. The quantitative estimate of drug-likeness (QED) is 0.502. The van der Waals surface area contributed by atoms with Crippen LogP contribution in [0, 0.1) is 5.92 Å². The summed E-state index contributed by atoms with van der Waals surface area (Å²) in [5.74, 6) is 0.329. The molecule has 0 saturated carbocycles. The average molecular weight is 182 g/mol. The molecule has 13 heavy (non-hydrogen) atoms. The number of hydrogen-bond acceptors (Lipinski definition) is 2. The number of ether oxygens (including phenoxy) is 1. The first-order valence-corrected chi connectivity index (χ1v) is 4.88. The third-order valence-electron chi connectivity index (χ3n) is 2.31. The van der Waals surface area contributed by atoms with Crippen LogP contribution in [0.5, 0.6) is 0 Å². The Morgan fingerprint density at radius 3 is 2.85 bits per heavy atom. The topological polar surface area (TPSA) is 29.5 Å². The van der Waals surface area contributed by atoms with Crippen LogP contribution in [0.2, 0.25) is 0 Å². The molecule has 0 bridgehead atoms. The summed E-state index contributed by atoms with van der Waals surface area (Å²) in [4.78, 5) is 0. The van der Waals surface area contributed by atoms with Gasteiger partial charge in [0.1, 0.15) is 0 Å². The molecular formula is C11H18O2. The van der Waals surface area contributed by atoms with Crippen molar-refractivity contribution in [2.24, 2.45) is 5.92 Å². The van der Waals surface area contributed by atoms with Gasteiger partial charge in [-0.25, -0.2) is 0 Å². The molecule has 0 aromatic heterocycles. The maximum atomic E-state index is 8.87. The van der Waals surface area contributed by atoms with Crippen molar-refractivity contribution in [2.45, 2.75) is 25.4 Å². The van der Waals surface area contributed by atoms with Crippen LogP contribution in [0.25, 0.3) is 0 Å². The fourth-order valence-corrected chi connectivity index (χ4v) is 1.32. The molecule has 1 fully saturated rings. The van der Waals surface area contributed by atoms with Gasteiger partial charge in [-0.05, 0) is 19.3 Å². The van der Waals surface area contributed by atoms with Crippen molar-refractivity contribution >= 4 is 0 Å². The Kier molecular flexibility index (Phi) is 4.79. The highest BCUT2D eigenvalue weighted by Gasteiger charge is 2.28. The van der Waals surface area contributed by atoms with Gasteiger partial charge in [0.25, 0.3) is 0 Å². The monoisotopic (exact) mass is 182 g/mol. The van der Waals surface area contributed by atoms with Gasteiger partial charge in [-0.3, -0.25) is 0 Å². The lowest BCUT2D eigenvalue weighted by Crippen LogP contribution is -2.40. The third-order valence-corrected chi connectivity index (χ3v) is 2.31. The zero-order chi connectivity index (χ0) is 9.52. The van der Waals surface area contributed by atoms with Gasteiger partial charge in [0, 0.05) is 5.92 Å². The van der Waals surface area contributed by atoms with Crippen LogP contribution in [-0.2, 0) is 4.74 Å². The fraction of sp³-hybridized carbons (Fsp3) is 0.636. The predicted octanol–water partition coefficient (Wildman–Crippen LogP) is 1.91. The molecule has 0 aromatic rings. The Balaban J connectivity index is 2.06. The van der Waals surface area contributed by atoms with E-state index in [4.69, 9.17) is 9.84 Å². The summed E-state index contributed by atoms with van der Waals surface area (Å²) in [6, 6.07) is 0. The summed E-state index contributed by atoms with van der Waals surface area (Å²) in [5, 5.41) is 8.87. The summed E-state index contributed by atoms with van der Waals surface area (Å²) in [6.45, 7) is 4.61. The van der Waals surface area contributed by atoms with E-state index in [1.165, 1.54) is 0 Å². The Labute approximate surface area is 79.9 Å². The van der Waals surface area contributed by atoms with Crippen LogP contribution in [0.15, 0.2) is 24.8 Å². The normalized spacial score (nSPS) is 27.5. The van der Waals surface area contributed by atoms with Crippen LogP contribution in [0.1, 0.15) is 19.3 Å². The molecule has 0 spiro atoms. The van der Waals surface area contributed by atoms with Gasteiger partial charge in [0.2, 0.25) is 0 Å². The molecule has 1 aliphatic rings. The average Bonchev–Trinajstić information content (AvgIpc) is 2.10. The molecule has 0 radical (unpaired) electrons. The molecule has 1 rings (SSSR count). The summed E-state index contributed by atoms with van der Waals surface area (Å²) in [7, 11) is 0. The lowest BCUT2D eigenvalue weighted by molar-refractivity contribution is -0.104. The molecule has 1 saturated heterocycles. The standard InChI is InChI=1S/C11H18O2/c1-2-3-4-5-6-7-11-10(8-12)9-13-11/h2,6-7,10-12H,1,3-5,8-9H2. The molecule has 74 valence electrons. The van der Waals surface area contributed by atoms with E-state index in [-0.39, 0.29) is 12.7 Å². The molecule has 0 amide bonds. The van der Waals surface area contributed by atoms with Crippen molar-refractivity contribution in [1.82, 2.24) is 0 Å². The van der Waals surface area contributed by atoms with Crippen LogP contribution < -0.4 is 0 Å². The maximum absolute atomic E-state index is 8.87. The minimum atomic E-state index is 0.161. The van der Waals surface area contributed by atoms with E-state index in [0.717, 1.165) is 19.3 Å². The van der Waals surface area contributed by atoms with E-state index in [2.05, 4.69) is 18.7 Å². The minimum absolute atomic E-state index is 0.161. The van der Waals surface area contributed by atoms with Gasteiger partial charge in [-0.15, -0.1) is 6.58 Å². The van der Waals surface area contributed by atoms with E-state index in [9.17, 15) is 0 Å². The van der Waals surface area contributed by atoms with Gasteiger partial charge in [-0.1, -0.05) is 18.2 Å². The highest BCUT2D eigenvalue weighted by molar-refractivity contribution is 4.97. The third kappa shape index (κ3) is 3.33. The number of hydrogen-bond donors (Lipinski definition) is 1. The van der Waals surface area contributed by atoms with Crippen molar-refractivity contribution in [3.05, 3.63) is 24.8 Å². The SMILES string of the molecule is C=CCCCC=CC1OCC1CO. The lowest BCUT2D eigenvalue weighted by atomic mass is 9.98. The molecule has 2 unspecified atom stereocenters.